The van der Waals surface area contributed by atoms with E-state index in [-0.39, 0.29) is 17.5 Å². The average Bonchev–Trinajstić information content (AvgIpc) is 2.41. The number of anilines is 1. The van der Waals surface area contributed by atoms with Crippen LogP contribution < -0.4 is 10.1 Å². The summed E-state index contributed by atoms with van der Waals surface area (Å²) in [5, 5.41) is 12.1. The van der Waals surface area contributed by atoms with Gasteiger partial charge >= 0.3 is 0 Å². The molecule has 2 N–H and O–H groups in total. The van der Waals surface area contributed by atoms with Gasteiger partial charge in [-0.25, -0.2) is 4.98 Å². The number of halogens is 1. The number of ether oxygens (including phenoxy) is 1. The topological polar surface area (TPSA) is 71.5 Å². The molecular formula is C13H11BrN2O3. The molecule has 1 heterocycles. The highest BCUT2D eigenvalue weighted by Crippen LogP contribution is 2.26. The third kappa shape index (κ3) is 3.03. The Labute approximate surface area is 118 Å². The second-order valence-electron chi connectivity index (χ2n) is 3.67. The van der Waals surface area contributed by atoms with Crippen LogP contribution in [-0.2, 0) is 0 Å². The smallest absolute Gasteiger partial charge is 0.256 e. The molecule has 0 aliphatic carbocycles. The summed E-state index contributed by atoms with van der Waals surface area (Å²) in [6.45, 7) is 0. The zero-order chi connectivity index (χ0) is 13.8. The normalized spacial score (nSPS) is 10.0. The molecule has 0 spiro atoms. The number of nitrogens with zero attached hydrogens (tertiary/aromatic N) is 1. The number of benzene rings is 1. The molecule has 0 aliphatic heterocycles. The maximum atomic E-state index is 12.0. The van der Waals surface area contributed by atoms with Crippen LogP contribution >= 0.6 is 15.9 Å². The van der Waals surface area contributed by atoms with Crippen molar-refractivity contribution in [2.75, 3.05) is 12.4 Å². The molecule has 0 aliphatic rings. The molecule has 2 aromatic rings. The lowest BCUT2D eigenvalue weighted by Crippen LogP contribution is -2.13. The predicted molar refractivity (Wildman–Crippen MR) is 74.5 cm³/mol. The molecule has 1 amide bonds. The highest BCUT2D eigenvalue weighted by molar-refractivity contribution is 9.10. The maximum absolute atomic E-state index is 12.0. The van der Waals surface area contributed by atoms with Gasteiger partial charge in [-0.05, 0) is 46.3 Å². The van der Waals surface area contributed by atoms with Crippen molar-refractivity contribution in [2.45, 2.75) is 0 Å². The summed E-state index contributed by atoms with van der Waals surface area (Å²) < 4.78 is 5.76. The average molecular weight is 323 g/mol. The molecule has 0 fully saturated rings. The summed E-state index contributed by atoms with van der Waals surface area (Å²) in [5.41, 5.74) is 0.428. The van der Waals surface area contributed by atoms with Crippen molar-refractivity contribution in [3.05, 3.63) is 46.6 Å². The van der Waals surface area contributed by atoms with Crippen molar-refractivity contribution < 1.29 is 14.6 Å². The summed E-state index contributed by atoms with van der Waals surface area (Å²) in [6, 6.07) is 7.96. The number of aromatic nitrogens is 1. The maximum Gasteiger partial charge on any atom is 0.256 e. The molecule has 1 aromatic heterocycles. The molecule has 0 unspecified atom stereocenters. The second-order valence-corrected chi connectivity index (χ2v) is 4.53. The lowest BCUT2D eigenvalue weighted by atomic mass is 10.2. The Morgan fingerprint density at radius 1 is 1.42 bits per heavy atom. The largest absolute Gasteiger partial charge is 0.504 e. The van der Waals surface area contributed by atoms with E-state index in [0.717, 1.165) is 0 Å². The lowest BCUT2D eigenvalue weighted by molar-refractivity contribution is 0.102. The third-order valence-electron chi connectivity index (χ3n) is 2.43. The number of hydrogen-bond acceptors (Lipinski definition) is 4. The van der Waals surface area contributed by atoms with Crippen LogP contribution in [0, 0.1) is 0 Å². The number of methoxy groups -OCH3 is 1. The zero-order valence-corrected chi connectivity index (χ0v) is 11.6. The Morgan fingerprint density at radius 3 is 2.84 bits per heavy atom. The van der Waals surface area contributed by atoms with Crippen LogP contribution in [0.4, 0.5) is 5.82 Å². The molecule has 2 rings (SSSR count). The summed E-state index contributed by atoms with van der Waals surface area (Å²) in [5.74, 6) is 0.317. The van der Waals surface area contributed by atoms with Gasteiger partial charge in [0.2, 0.25) is 0 Å². The molecule has 1 aromatic carbocycles. The van der Waals surface area contributed by atoms with Crippen LogP contribution in [0.15, 0.2) is 41.0 Å². The number of carbonyl (C=O) groups is 1. The van der Waals surface area contributed by atoms with Gasteiger partial charge in [-0.2, -0.15) is 0 Å². The first-order chi connectivity index (χ1) is 9.11. The number of amides is 1. The molecule has 0 bridgehead atoms. The fourth-order valence-corrected chi connectivity index (χ4v) is 2.02. The van der Waals surface area contributed by atoms with Crippen molar-refractivity contribution in [1.82, 2.24) is 4.98 Å². The van der Waals surface area contributed by atoms with Crippen LogP contribution in [-0.4, -0.2) is 23.1 Å². The van der Waals surface area contributed by atoms with Crippen molar-refractivity contribution >= 4 is 27.7 Å². The van der Waals surface area contributed by atoms with Gasteiger partial charge in [0.05, 0.1) is 11.6 Å². The molecular weight excluding hydrogens is 312 g/mol. The summed E-state index contributed by atoms with van der Waals surface area (Å²) in [4.78, 5) is 15.9. The van der Waals surface area contributed by atoms with E-state index in [0.29, 0.717) is 15.8 Å². The molecule has 5 nitrogen and oxygen atoms in total. The molecule has 0 saturated carbocycles. The Morgan fingerprint density at radius 2 is 2.21 bits per heavy atom. The van der Waals surface area contributed by atoms with E-state index in [2.05, 4.69) is 26.2 Å². The highest BCUT2D eigenvalue weighted by atomic mass is 79.9. The first-order valence-corrected chi connectivity index (χ1v) is 6.20. The molecule has 0 radical (unpaired) electrons. The first-order valence-electron chi connectivity index (χ1n) is 5.40. The van der Waals surface area contributed by atoms with Crippen LogP contribution in [0.3, 0.4) is 0 Å². The molecule has 98 valence electrons. The van der Waals surface area contributed by atoms with Gasteiger partial charge in [0.1, 0.15) is 5.75 Å². The summed E-state index contributed by atoms with van der Waals surface area (Å²) >= 11 is 3.31. The molecule has 19 heavy (non-hydrogen) atoms. The van der Waals surface area contributed by atoms with Gasteiger partial charge in [0, 0.05) is 11.8 Å². The number of pyridine rings is 1. The Bertz CT molecular complexity index is 617. The minimum absolute atomic E-state index is 0.0802. The van der Waals surface area contributed by atoms with Crippen molar-refractivity contribution in [3.8, 4) is 11.5 Å². The minimum Gasteiger partial charge on any atom is -0.504 e. The lowest BCUT2D eigenvalue weighted by Gasteiger charge is -2.08. The van der Waals surface area contributed by atoms with Gasteiger partial charge in [-0.15, -0.1) is 0 Å². The van der Waals surface area contributed by atoms with Gasteiger partial charge in [0.25, 0.3) is 5.91 Å². The van der Waals surface area contributed by atoms with Crippen LogP contribution in [0.25, 0.3) is 0 Å². The number of carbonyl (C=O) groups excluding carboxylic acids is 1. The Kier molecular flexibility index (Phi) is 4.01. The molecule has 0 atom stereocenters. The zero-order valence-electron chi connectivity index (χ0n) is 10.1. The summed E-state index contributed by atoms with van der Waals surface area (Å²) in [7, 11) is 1.55. The van der Waals surface area contributed by atoms with Gasteiger partial charge < -0.3 is 15.2 Å². The number of hydrogen-bond donors (Lipinski definition) is 2. The number of nitrogens with one attached hydrogen (secondary N) is 1. The fraction of sp³-hybridized carbons (Fsp3) is 0.0769. The summed E-state index contributed by atoms with van der Waals surface area (Å²) in [6.07, 6.45) is 1.49. The highest BCUT2D eigenvalue weighted by Gasteiger charge is 2.11. The van der Waals surface area contributed by atoms with Crippen LogP contribution in [0.5, 0.6) is 11.5 Å². The Hall–Kier alpha value is -2.08. The Balaban J connectivity index is 2.21. The van der Waals surface area contributed by atoms with E-state index in [1.807, 2.05) is 0 Å². The minimum atomic E-state index is -0.364. The van der Waals surface area contributed by atoms with Gasteiger partial charge in [-0.1, -0.05) is 0 Å². The van der Waals surface area contributed by atoms with Crippen molar-refractivity contribution in [2.24, 2.45) is 0 Å². The van der Waals surface area contributed by atoms with Crippen LogP contribution in [0.1, 0.15) is 10.4 Å². The SMILES string of the molecule is COc1ccc(C(=O)Nc2ncccc2O)cc1Br. The fourth-order valence-electron chi connectivity index (χ4n) is 1.48. The first kappa shape index (κ1) is 13.4. The van der Waals surface area contributed by atoms with Gasteiger partial charge in [0.15, 0.2) is 11.6 Å². The quantitative estimate of drug-likeness (QED) is 0.911. The van der Waals surface area contributed by atoms with E-state index in [9.17, 15) is 9.90 Å². The van der Waals surface area contributed by atoms with Gasteiger partial charge in [-0.3, -0.25) is 4.79 Å². The van der Waals surface area contributed by atoms with Crippen molar-refractivity contribution in [1.29, 1.82) is 0 Å². The molecule has 6 heteroatoms. The van der Waals surface area contributed by atoms with E-state index in [4.69, 9.17) is 4.74 Å². The van der Waals surface area contributed by atoms with E-state index >= 15 is 0 Å². The monoisotopic (exact) mass is 322 g/mol. The second kappa shape index (κ2) is 5.71. The van der Waals surface area contributed by atoms with Crippen molar-refractivity contribution in [3.63, 3.8) is 0 Å². The number of aromatic hydroxyl groups is 1. The van der Waals surface area contributed by atoms with E-state index in [1.165, 1.54) is 12.3 Å². The standard InChI is InChI=1S/C13H11BrN2O3/c1-19-11-5-4-8(7-9(11)14)13(18)16-12-10(17)3-2-6-15-12/h2-7,17H,1H3,(H,15,16,18). The van der Waals surface area contributed by atoms with E-state index < -0.39 is 0 Å². The predicted octanol–water partition coefficient (Wildman–Crippen LogP) is 2.81. The van der Waals surface area contributed by atoms with Crippen LogP contribution in [0.2, 0.25) is 0 Å². The number of rotatable bonds is 3. The van der Waals surface area contributed by atoms with E-state index in [1.54, 1.807) is 31.4 Å². The molecule has 0 saturated heterocycles. The third-order valence-corrected chi connectivity index (χ3v) is 3.05.